The summed E-state index contributed by atoms with van der Waals surface area (Å²) in [7, 11) is -0.300. The minimum Gasteiger partial charge on any atom is -0.399 e. The van der Waals surface area contributed by atoms with Crippen LogP contribution in [0.2, 0.25) is 0 Å². The number of halogens is 1. The fraction of sp³-hybridized carbons (Fsp3) is 0.538. The van der Waals surface area contributed by atoms with E-state index in [1.54, 1.807) is 0 Å². The molecule has 1 aromatic carbocycles. The van der Waals surface area contributed by atoms with E-state index in [1.165, 1.54) is 0 Å². The normalized spacial score (nSPS) is 20.6. The van der Waals surface area contributed by atoms with Crippen LogP contribution in [-0.2, 0) is 15.9 Å². The van der Waals surface area contributed by atoms with Crippen LogP contribution in [-0.4, -0.2) is 18.3 Å². The van der Waals surface area contributed by atoms with Crippen LogP contribution in [0.3, 0.4) is 0 Å². The van der Waals surface area contributed by atoms with Gasteiger partial charge in [-0.2, -0.15) is 0 Å². The molecule has 100 valence electrons. The summed E-state index contributed by atoms with van der Waals surface area (Å²) < 4.78 is 12.0. The molecular formula is C13H21BClNO2. The molecule has 2 N–H and O–H groups in total. The van der Waals surface area contributed by atoms with Gasteiger partial charge in [0.05, 0.1) is 11.2 Å². The van der Waals surface area contributed by atoms with Crippen LogP contribution in [0.25, 0.3) is 0 Å². The van der Waals surface area contributed by atoms with E-state index in [-0.39, 0.29) is 30.7 Å². The Morgan fingerprint density at radius 1 is 1.11 bits per heavy atom. The molecule has 1 aromatic rings. The molecule has 0 spiro atoms. The zero-order chi connectivity index (χ0) is 12.7. The first-order valence-electron chi connectivity index (χ1n) is 6.00. The van der Waals surface area contributed by atoms with E-state index < -0.39 is 0 Å². The fourth-order valence-corrected chi connectivity index (χ4v) is 1.85. The second-order valence-electron chi connectivity index (χ2n) is 5.54. The minimum atomic E-state index is -0.300. The molecule has 0 amide bonds. The Morgan fingerprint density at radius 3 is 2.17 bits per heavy atom. The molecule has 0 aromatic heterocycles. The van der Waals surface area contributed by atoms with Gasteiger partial charge in [0.2, 0.25) is 0 Å². The van der Waals surface area contributed by atoms with Crippen LogP contribution < -0.4 is 11.2 Å². The average molecular weight is 270 g/mol. The summed E-state index contributed by atoms with van der Waals surface area (Å²) in [6, 6.07) is 8.06. The number of hydrogen-bond acceptors (Lipinski definition) is 3. The predicted molar refractivity (Wildman–Crippen MR) is 77.3 cm³/mol. The lowest BCUT2D eigenvalue weighted by Gasteiger charge is -2.32. The van der Waals surface area contributed by atoms with Crippen molar-refractivity contribution >= 4 is 25.0 Å². The molecule has 0 unspecified atom stereocenters. The second-order valence-corrected chi connectivity index (χ2v) is 5.54. The third-order valence-corrected chi connectivity index (χ3v) is 3.71. The van der Waals surface area contributed by atoms with Gasteiger partial charge in [-0.05, 0) is 38.7 Å². The molecule has 1 heterocycles. The molecule has 3 nitrogen and oxygen atoms in total. The summed E-state index contributed by atoms with van der Waals surface area (Å²) in [6.45, 7) is 8.76. The Hall–Kier alpha value is -0.545. The van der Waals surface area contributed by atoms with Crippen molar-refractivity contribution in [3.05, 3.63) is 29.8 Å². The van der Waals surface area contributed by atoms with E-state index in [4.69, 9.17) is 15.0 Å². The number of nitrogens with two attached hydrogens (primary N) is 1. The molecule has 2 rings (SSSR count). The molecule has 0 bridgehead atoms. The quantitative estimate of drug-likeness (QED) is 0.834. The third-order valence-electron chi connectivity index (χ3n) is 3.71. The van der Waals surface area contributed by atoms with Gasteiger partial charge in [-0.15, -0.1) is 12.4 Å². The van der Waals surface area contributed by atoms with Gasteiger partial charge < -0.3 is 15.0 Å². The Balaban J connectivity index is 0.00000162. The van der Waals surface area contributed by atoms with Gasteiger partial charge in [-0.1, -0.05) is 24.3 Å². The highest BCUT2D eigenvalue weighted by Gasteiger charge is 2.51. The molecule has 5 heteroatoms. The van der Waals surface area contributed by atoms with Crippen molar-refractivity contribution in [2.24, 2.45) is 5.73 Å². The largest absolute Gasteiger partial charge is 0.494 e. The summed E-state index contributed by atoms with van der Waals surface area (Å²) in [5.41, 5.74) is 7.18. The molecule has 18 heavy (non-hydrogen) atoms. The maximum atomic E-state index is 5.99. The maximum absolute atomic E-state index is 5.99. The lowest BCUT2D eigenvalue weighted by molar-refractivity contribution is 0.00578. The van der Waals surface area contributed by atoms with Gasteiger partial charge in [-0.25, -0.2) is 0 Å². The number of hydrogen-bond donors (Lipinski definition) is 1. The minimum absolute atomic E-state index is 0. The van der Waals surface area contributed by atoms with E-state index in [0.29, 0.717) is 6.54 Å². The van der Waals surface area contributed by atoms with Crippen LogP contribution in [0, 0.1) is 0 Å². The Bertz CT molecular complexity index is 407. The Morgan fingerprint density at radius 2 is 1.67 bits per heavy atom. The second kappa shape index (κ2) is 5.21. The SMILES string of the molecule is CC1(C)OB(c2cccc(CN)c2)OC1(C)C.Cl. The van der Waals surface area contributed by atoms with E-state index in [0.717, 1.165) is 11.0 Å². The number of benzene rings is 1. The zero-order valence-electron chi connectivity index (χ0n) is 11.4. The first-order valence-corrected chi connectivity index (χ1v) is 6.00. The van der Waals surface area contributed by atoms with Crippen molar-refractivity contribution in [2.45, 2.75) is 45.4 Å². The van der Waals surface area contributed by atoms with Crippen LogP contribution in [0.5, 0.6) is 0 Å². The van der Waals surface area contributed by atoms with E-state index in [2.05, 4.69) is 27.7 Å². The van der Waals surface area contributed by atoms with Crippen molar-refractivity contribution in [1.82, 2.24) is 0 Å². The van der Waals surface area contributed by atoms with Crippen molar-refractivity contribution in [1.29, 1.82) is 0 Å². The standard InChI is InChI=1S/C13H20BNO2.ClH/c1-12(2)13(3,4)17-14(16-12)11-7-5-6-10(8-11)9-15;/h5-8H,9,15H2,1-4H3;1H. The van der Waals surface area contributed by atoms with Gasteiger partial charge in [0.25, 0.3) is 0 Å². The van der Waals surface area contributed by atoms with Crippen molar-refractivity contribution in [3.63, 3.8) is 0 Å². The molecular weight excluding hydrogens is 248 g/mol. The highest BCUT2D eigenvalue weighted by atomic mass is 35.5. The first-order chi connectivity index (χ1) is 7.86. The zero-order valence-corrected chi connectivity index (χ0v) is 12.2. The predicted octanol–water partition coefficient (Wildman–Crippen LogP) is 1.87. The lowest BCUT2D eigenvalue weighted by Crippen LogP contribution is -2.41. The van der Waals surface area contributed by atoms with Crippen LogP contribution in [0.4, 0.5) is 0 Å². The van der Waals surface area contributed by atoms with Gasteiger partial charge in [0.15, 0.2) is 0 Å². The van der Waals surface area contributed by atoms with Crippen molar-refractivity contribution in [2.75, 3.05) is 0 Å². The monoisotopic (exact) mass is 269 g/mol. The van der Waals surface area contributed by atoms with E-state index in [9.17, 15) is 0 Å². The Kier molecular flexibility index (Phi) is 4.49. The van der Waals surface area contributed by atoms with Gasteiger partial charge in [0.1, 0.15) is 0 Å². The van der Waals surface area contributed by atoms with Gasteiger partial charge in [0, 0.05) is 6.54 Å². The van der Waals surface area contributed by atoms with Crippen molar-refractivity contribution in [3.8, 4) is 0 Å². The number of rotatable bonds is 2. The van der Waals surface area contributed by atoms with Crippen LogP contribution in [0.1, 0.15) is 33.3 Å². The molecule has 1 aliphatic rings. The molecule has 0 atom stereocenters. The average Bonchev–Trinajstić information content (AvgIpc) is 2.48. The molecule has 0 saturated carbocycles. The summed E-state index contributed by atoms with van der Waals surface area (Å²) in [6.07, 6.45) is 0. The summed E-state index contributed by atoms with van der Waals surface area (Å²) in [4.78, 5) is 0. The first kappa shape index (κ1) is 15.5. The van der Waals surface area contributed by atoms with Crippen molar-refractivity contribution < 1.29 is 9.31 Å². The summed E-state index contributed by atoms with van der Waals surface area (Å²) in [5, 5.41) is 0. The van der Waals surface area contributed by atoms with Crippen LogP contribution in [0.15, 0.2) is 24.3 Å². The lowest BCUT2D eigenvalue weighted by atomic mass is 9.78. The van der Waals surface area contributed by atoms with E-state index >= 15 is 0 Å². The highest BCUT2D eigenvalue weighted by molar-refractivity contribution is 6.62. The molecule has 0 radical (unpaired) electrons. The van der Waals surface area contributed by atoms with Gasteiger partial charge >= 0.3 is 7.12 Å². The molecule has 1 saturated heterocycles. The highest BCUT2D eigenvalue weighted by Crippen LogP contribution is 2.36. The maximum Gasteiger partial charge on any atom is 0.494 e. The molecule has 0 aliphatic carbocycles. The van der Waals surface area contributed by atoms with E-state index in [1.807, 2.05) is 24.3 Å². The fourth-order valence-electron chi connectivity index (χ4n) is 1.85. The molecule has 1 aliphatic heterocycles. The summed E-state index contributed by atoms with van der Waals surface area (Å²) in [5.74, 6) is 0. The van der Waals surface area contributed by atoms with Crippen LogP contribution >= 0.6 is 12.4 Å². The third kappa shape index (κ3) is 2.72. The topological polar surface area (TPSA) is 44.5 Å². The summed E-state index contributed by atoms with van der Waals surface area (Å²) >= 11 is 0. The molecule has 1 fully saturated rings. The smallest absolute Gasteiger partial charge is 0.399 e. The Labute approximate surface area is 116 Å². The van der Waals surface area contributed by atoms with Gasteiger partial charge in [-0.3, -0.25) is 0 Å².